The van der Waals surface area contributed by atoms with Gasteiger partial charge in [0.2, 0.25) is 0 Å². The summed E-state index contributed by atoms with van der Waals surface area (Å²) >= 11 is 1.80. The molecule has 1 fully saturated rings. The SMILES string of the molecule is CN(C)C(CNC1CC(NC(=O)OC(C)(C)C)C1)c1cccs1. The van der Waals surface area contributed by atoms with Gasteiger partial charge in [0.25, 0.3) is 0 Å². The van der Waals surface area contributed by atoms with Crippen LogP contribution in [0.4, 0.5) is 4.79 Å². The maximum atomic E-state index is 11.7. The van der Waals surface area contributed by atoms with Crippen molar-refractivity contribution in [3.8, 4) is 0 Å². The van der Waals surface area contributed by atoms with Crippen LogP contribution in [0.1, 0.15) is 44.5 Å². The molecule has 1 aliphatic carbocycles. The van der Waals surface area contributed by atoms with E-state index in [9.17, 15) is 4.79 Å². The molecule has 1 atom stereocenters. The monoisotopic (exact) mass is 339 g/mol. The Hall–Kier alpha value is -1.11. The van der Waals surface area contributed by atoms with Gasteiger partial charge in [-0.25, -0.2) is 4.79 Å². The van der Waals surface area contributed by atoms with Crippen LogP contribution < -0.4 is 10.6 Å². The minimum absolute atomic E-state index is 0.224. The van der Waals surface area contributed by atoms with Crippen LogP contribution in [0.5, 0.6) is 0 Å². The van der Waals surface area contributed by atoms with Gasteiger partial charge in [-0.15, -0.1) is 11.3 Å². The smallest absolute Gasteiger partial charge is 0.407 e. The summed E-state index contributed by atoms with van der Waals surface area (Å²) in [5.41, 5.74) is -0.439. The Morgan fingerprint density at radius 2 is 2.09 bits per heavy atom. The highest BCUT2D eigenvalue weighted by molar-refractivity contribution is 7.10. The van der Waals surface area contributed by atoms with Crippen molar-refractivity contribution < 1.29 is 9.53 Å². The first-order valence-electron chi connectivity index (χ1n) is 8.17. The Morgan fingerprint density at radius 1 is 1.39 bits per heavy atom. The molecule has 0 radical (unpaired) electrons. The van der Waals surface area contributed by atoms with Crippen LogP contribution in [0.25, 0.3) is 0 Å². The molecule has 0 saturated heterocycles. The zero-order chi connectivity index (χ0) is 17.0. The fraction of sp³-hybridized carbons (Fsp3) is 0.706. The van der Waals surface area contributed by atoms with E-state index in [0.29, 0.717) is 12.1 Å². The fourth-order valence-electron chi connectivity index (χ4n) is 2.67. The van der Waals surface area contributed by atoms with Gasteiger partial charge in [0.1, 0.15) is 5.60 Å². The third kappa shape index (κ3) is 5.79. The highest BCUT2D eigenvalue weighted by Gasteiger charge is 2.32. The van der Waals surface area contributed by atoms with Crippen molar-refractivity contribution >= 4 is 17.4 Å². The zero-order valence-corrected chi connectivity index (χ0v) is 15.6. The minimum atomic E-state index is -0.439. The molecule has 0 spiro atoms. The summed E-state index contributed by atoms with van der Waals surface area (Å²) in [5.74, 6) is 0. The molecule has 2 N–H and O–H groups in total. The molecule has 1 aliphatic rings. The maximum absolute atomic E-state index is 11.7. The van der Waals surface area contributed by atoms with Crippen LogP contribution in [0.2, 0.25) is 0 Å². The van der Waals surface area contributed by atoms with Gasteiger partial charge in [-0.2, -0.15) is 0 Å². The molecule has 1 amide bonds. The second-order valence-electron chi connectivity index (χ2n) is 7.41. The van der Waals surface area contributed by atoms with Gasteiger partial charge in [0.15, 0.2) is 0 Å². The largest absolute Gasteiger partial charge is 0.444 e. The van der Waals surface area contributed by atoms with E-state index in [-0.39, 0.29) is 12.1 Å². The third-order valence-corrected chi connectivity index (χ3v) is 4.93. The number of carbonyl (C=O) groups excluding carboxylic acids is 1. The van der Waals surface area contributed by atoms with E-state index in [0.717, 1.165) is 19.4 Å². The van der Waals surface area contributed by atoms with Crippen LogP contribution in [0.15, 0.2) is 17.5 Å². The highest BCUT2D eigenvalue weighted by atomic mass is 32.1. The Bertz CT molecular complexity index is 490. The first-order chi connectivity index (χ1) is 10.7. The fourth-order valence-corrected chi connectivity index (χ4v) is 3.60. The second-order valence-corrected chi connectivity index (χ2v) is 8.39. The molecule has 6 heteroatoms. The van der Waals surface area contributed by atoms with Gasteiger partial charge in [0, 0.05) is 23.5 Å². The topological polar surface area (TPSA) is 53.6 Å². The van der Waals surface area contributed by atoms with Gasteiger partial charge >= 0.3 is 6.09 Å². The van der Waals surface area contributed by atoms with Gasteiger partial charge in [-0.3, -0.25) is 0 Å². The third-order valence-electron chi connectivity index (χ3n) is 3.95. The minimum Gasteiger partial charge on any atom is -0.444 e. The van der Waals surface area contributed by atoms with Crippen molar-refractivity contribution in [3.63, 3.8) is 0 Å². The summed E-state index contributed by atoms with van der Waals surface area (Å²) in [6.07, 6.45) is 1.61. The quantitative estimate of drug-likeness (QED) is 0.836. The standard InChI is InChI=1S/C17H29N3O2S/c1-17(2,3)22-16(21)19-13-9-12(10-13)18-11-14(20(4)5)15-7-6-8-23-15/h6-8,12-14,18H,9-11H2,1-5H3,(H,19,21). The van der Waals surface area contributed by atoms with Crippen molar-refractivity contribution in [2.45, 2.75) is 57.3 Å². The van der Waals surface area contributed by atoms with E-state index >= 15 is 0 Å². The summed E-state index contributed by atoms with van der Waals surface area (Å²) in [5, 5.41) is 8.67. The number of carbonyl (C=O) groups is 1. The number of hydrogen-bond donors (Lipinski definition) is 2. The number of likely N-dealkylation sites (N-methyl/N-ethyl adjacent to an activating group) is 1. The van der Waals surface area contributed by atoms with Crippen LogP contribution in [-0.4, -0.2) is 49.3 Å². The highest BCUT2D eigenvalue weighted by Crippen LogP contribution is 2.25. The first kappa shape index (κ1) is 18.2. The van der Waals surface area contributed by atoms with Crippen molar-refractivity contribution in [3.05, 3.63) is 22.4 Å². The van der Waals surface area contributed by atoms with Crippen molar-refractivity contribution in [2.24, 2.45) is 0 Å². The molecule has 1 saturated carbocycles. The molecule has 2 rings (SSSR count). The number of thiophene rings is 1. The Kier molecular flexibility index (Phi) is 6.06. The van der Waals surface area contributed by atoms with Crippen LogP contribution in [-0.2, 0) is 4.74 Å². The van der Waals surface area contributed by atoms with Gasteiger partial charge in [-0.05, 0) is 59.2 Å². The molecule has 0 aromatic carbocycles. The number of amides is 1. The van der Waals surface area contributed by atoms with E-state index < -0.39 is 5.60 Å². The molecule has 1 unspecified atom stereocenters. The molecular weight excluding hydrogens is 310 g/mol. The molecule has 1 aromatic heterocycles. The van der Waals surface area contributed by atoms with Gasteiger partial charge in [-0.1, -0.05) is 6.07 Å². The van der Waals surface area contributed by atoms with Gasteiger partial charge < -0.3 is 20.3 Å². The Labute approximate surface area is 143 Å². The number of nitrogens with zero attached hydrogens (tertiary/aromatic N) is 1. The zero-order valence-electron chi connectivity index (χ0n) is 14.8. The Morgan fingerprint density at radius 3 is 2.61 bits per heavy atom. The summed E-state index contributed by atoms with van der Waals surface area (Å²) in [7, 11) is 4.22. The van der Waals surface area contributed by atoms with Crippen molar-refractivity contribution in [1.29, 1.82) is 0 Å². The van der Waals surface area contributed by atoms with Crippen molar-refractivity contribution in [1.82, 2.24) is 15.5 Å². The van der Waals surface area contributed by atoms with E-state index in [2.05, 4.69) is 47.1 Å². The van der Waals surface area contributed by atoms with E-state index in [1.165, 1.54) is 4.88 Å². The lowest BCUT2D eigenvalue weighted by Gasteiger charge is -2.38. The van der Waals surface area contributed by atoms with Crippen LogP contribution >= 0.6 is 11.3 Å². The summed E-state index contributed by atoms with van der Waals surface area (Å²) in [6.45, 7) is 6.56. The molecule has 0 bridgehead atoms. The second kappa shape index (κ2) is 7.64. The molecule has 1 heterocycles. The van der Waals surface area contributed by atoms with Crippen LogP contribution in [0, 0.1) is 0 Å². The number of alkyl carbamates (subject to hydrolysis) is 1. The number of rotatable bonds is 6. The summed E-state index contributed by atoms with van der Waals surface area (Å²) in [4.78, 5) is 15.3. The predicted octanol–water partition coefficient (Wildman–Crippen LogP) is 3.00. The Balaban J connectivity index is 1.69. The normalized spacial score (nSPS) is 22.5. The number of ether oxygens (including phenoxy) is 1. The average molecular weight is 340 g/mol. The molecule has 23 heavy (non-hydrogen) atoms. The summed E-state index contributed by atoms with van der Waals surface area (Å²) < 4.78 is 5.28. The number of hydrogen-bond acceptors (Lipinski definition) is 5. The molecule has 0 aliphatic heterocycles. The van der Waals surface area contributed by atoms with Crippen LogP contribution in [0.3, 0.4) is 0 Å². The maximum Gasteiger partial charge on any atom is 0.407 e. The van der Waals surface area contributed by atoms with E-state index in [4.69, 9.17) is 4.74 Å². The van der Waals surface area contributed by atoms with Crippen molar-refractivity contribution in [2.75, 3.05) is 20.6 Å². The molecule has 130 valence electrons. The van der Waals surface area contributed by atoms with E-state index in [1.54, 1.807) is 11.3 Å². The predicted molar refractivity (Wildman–Crippen MR) is 94.9 cm³/mol. The first-order valence-corrected chi connectivity index (χ1v) is 9.05. The molecule has 5 nitrogen and oxygen atoms in total. The van der Waals surface area contributed by atoms with E-state index in [1.807, 2.05) is 20.8 Å². The number of nitrogens with one attached hydrogen (secondary N) is 2. The lowest BCUT2D eigenvalue weighted by Crippen LogP contribution is -2.54. The van der Waals surface area contributed by atoms with Gasteiger partial charge in [0.05, 0.1) is 6.04 Å². The molecular formula is C17H29N3O2S. The lowest BCUT2D eigenvalue weighted by atomic mass is 9.86. The lowest BCUT2D eigenvalue weighted by molar-refractivity contribution is 0.0464. The average Bonchev–Trinajstić information content (AvgIpc) is 2.86. The molecule has 1 aromatic rings. The summed E-state index contributed by atoms with van der Waals surface area (Å²) in [6, 6.07) is 5.37.